The quantitative estimate of drug-likeness (QED) is 0.556. The van der Waals surface area contributed by atoms with Gasteiger partial charge in [0.25, 0.3) is 5.91 Å². The number of carbonyl (C=O) groups is 1. The molecule has 0 spiro atoms. The largest absolute Gasteiger partial charge is 0.467 e. The van der Waals surface area contributed by atoms with Crippen LogP contribution in [-0.4, -0.2) is 34.4 Å². The molecule has 4 rings (SSSR count). The first-order chi connectivity index (χ1) is 14.1. The molecule has 0 N–H and O–H groups in total. The van der Waals surface area contributed by atoms with Crippen LogP contribution in [0.1, 0.15) is 34.8 Å². The maximum absolute atomic E-state index is 13.2. The number of nitrogens with zero attached hydrogens (tertiary/aromatic N) is 3. The van der Waals surface area contributed by atoms with Crippen molar-refractivity contribution in [2.45, 2.75) is 18.9 Å². The van der Waals surface area contributed by atoms with E-state index < -0.39 is 0 Å². The summed E-state index contributed by atoms with van der Waals surface area (Å²) in [4.78, 5) is 23.3. The Labute approximate surface area is 179 Å². The molecular formula is C22H19Cl2N3O2. The SMILES string of the molecule is COc1ncc(-c2ccc(C(=O)N3CCC[C@@H]3c3ccccc3Cl)cc2Cl)cn1. The van der Waals surface area contributed by atoms with Gasteiger partial charge in [-0.05, 0) is 36.6 Å². The van der Waals surface area contributed by atoms with Crippen molar-refractivity contribution >= 4 is 29.1 Å². The summed E-state index contributed by atoms with van der Waals surface area (Å²) in [7, 11) is 1.51. The summed E-state index contributed by atoms with van der Waals surface area (Å²) in [5, 5.41) is 1.16. The third-order valence-electron chi connectivity index (χ3n) is 5.12. The molecule has 2 aromatic carbocycles. The van der Waals surface area contributed by atoms with E-state index in [1.165, 1.54) is 7.11 Å². The van der Waals surface area contributed by atoms with Crippen molar-refractivity contribution in [3.8, 4) is 17.1 Å². The van der Waals surface area contributed by atoms with Gasteiger partial charge in [-0.15, -0.1) is 0 Å². The molecule has 0 saturated carbocycles. The van der Waals surface area contributed by atoms with E-state index in [1.54, 1.807) is 24.5 Å². The lowest BCUT2D eigenvalue weighted by Gasteiger charge is -2.26. The first-order valence-corrected chi connectivity index (χ1v) is 10.1. The number of benzene rings is 2. The highest BCUT2D eigenvalue weighted by Gasteiger charge is 2.31. The van der Waals surface area contributed by atoms with Crippen molar-refractivity contribution in [2.24, 2.45) is 0 Å². The lowest BCUT2D eigenvalue weighted by molar-refractivity contribution is 0.0736. The number of aromatic nitrogens is 2. The van der Waals surface area contributed by atoms with Gasteiger partial charge in [0.1, 0.15) is 0 Å². The molecule has 7 heteroatoms. The smallest absolute Gasteiger partial charge is 0.316 e. The summed E-state index contributed by atoms with van der Waals surface area (Å²) in [6, 6.07) is 13.3. The van der Waals surface area contributed by atoms with Crippen LogP contribution in [0.25, 0.3) is 11.1 Å². The monoisotopic (exact) mass is 427 g/mol. The molecule has 2 heterocycles. The number of hydrogen-bond acceptors (Lipinski definition) is 4. The molecule has 29 heavy (non-hydrogen) atoms. The molecule has 0 aliphatic carbocycles. The second kappa shape index (κ2) is 8.39. The Morgan fingerprint density at radius 1 is 1.10 bits per heavy atom. The van der Waals surface area contributed by atoms with Crippen molar-refractivity contribution in [1.82, 2.24) is 14.9 Å². The van der Waals surface area contributed by atoms with Gasteiger partial charge in [-0.1, -0.05) is 47.5 Å². The average molecular weight is 428 g/mol. The zero-order valence-electron chi connectivity index (χ0n) is 15.8. The molecule has 1 amide bonds. The molecule has 1 aliphatic heterocycles. The van der Waals surface area contributed by atoms with Crippen LogP contribution in [0.4, 0.5) is 0 Å². The highest BCUT2D eigenvalue weighted by molar-refractivity contribution is 6.33. The maximum atomic E-state index is 13.2. The van der Waals surface area contributed by atoms with Gasteiger partial charge < -0.3 is 9.64 Å². The normalized spacial score (nSPS) is 16.1. The predicted octanol–water partition coefficient (Wildman–Crippen LogP) is 5.44. The van der Waals surface area contributed by atoms with Crippen LogP contribution in [0.2, 0.25) is 10.0 Å². The van der Waals surface area contributed by atoms with Crippen LogP contribution in [0, 0.1) is 0 Å². The standard InChI is InChI=1S/C22H19Cl2N3O2/c1-29-22-25-12-15(13-26-22)16-9-8-14(11-19(16)24)21(28)27-10-4-7-20(27)17-5-2-3-6-18(17)23/h2-3,5-6,8-9,11-13,20H,4,7,10H2,1H3/t20-/m1/s1. The molecule has 1 atom stereocenters. The number of methoxy groups -OCH3 is 1. The van der Waals surface area contributed by atoms with Crippen molar-refractivity contribution in [3.63, 3.8) is 0 Å². The average Bonchev–Trinajstić information content (AvgIpc) is 3.23. The predicted molar refractivity (Wildman–Crippen MR) is 113 cm³/mol. The zero-order valence-corrected chi connectivity index (χ0v) is 17.3. The Morgan fingerprint density at radius 3 is 2.55 bits per heavy atom. The maximum Gasteiger partial charge on any atom is 0.316 e. The number of halogens is 2. The summed E-state index contributed by atoms with van der Waals surface area (Å²) in [5.41, 5.74) is 3.05. The Hall–Kier alpha value is -2.63. The van der Waals surface area contributed by atoms with Crippen molar-refractivity contribution < 1.29 is 9.53 Å². The second-order valence-corrected chi connectivity index (χ2v) is 7.65. The summed E-state index contributed by atoms with van der Waals surface area (Å²) in [6.45, 7) is 0.695. The van der Waals surface area contributed by atoms with Crippen LogP contribution in [0.5, 0.6) is 6.01 Å². The lowest BCUT2D eigenvalue weighted by Crippen LogP contribution is -2.30. The topological polar surface area (TPSA) is 55.3 Å². The molecule has 0 radical (unpaired) electrons. The van der Waals surface area contributed by atoms with Crippen molar-refractivity contribution in [1.29, 1.82) is 0 Å². The van der Waals surface area contributed by atoms with Gasteiger partial charge in [0.15, 0.2) is 0 Å². The summed E-state index contributed by atoms with van der Waals surface area (Å²) < 4.78 is 4.98. The van der Waals surface area contributed by atoms with Crippen LogP contribution in [-0.2, 0) is 0 Å². The molecule has 1 saturated heterocycles. The number of rotatable bonds is 4. The Balaban J connectivity index is 1.60. The number of hydrogen-bond donors (Lipinski definition) is 0. The third kappa shape index (κ3) is 3.93. The van der Waals surface area contributed by atoms with Crippen molar-refractivity contribution in [3.05, 3.63) is 76.0 Å². The van der Waals surface area contributed by atoms with E-state index >= 15 is 0 Å². The molecule has 0 unspecified atom stereocenters. The van der Waals surface area contributed by atoms with Gasteiger partial charge in [-0.3, -0.25) is 4.79 Å². The third-order valence-corrected chi connectivity index (χ3v) is 5.77. The molecule has 3 aromatic rings. The van der Waals surface area contributed by atoms with Crippen LogP contribution in [0.3, 0.4) is 0 Å². The Kier molecular flexibility index (Phi) is 5.69. The molecule has 0 bridgehead atoms. The second-order valence-electron chi connectivity index (χ2n) is 6.83. The van der Waals surface area contributed by atoms with Gasteiger partial charge in [-0.2, -0.15) is 0 Å². The lowest BCUT2D eigenvalue weighted by atomic mass is 10.0. The minimum Gasteiger partial charge on any atom is -0.467 e. The highest BCUT2D eigenvalue weighted by Crippen LogP contribution is 2.37. The van der Waals surface area contributed by atoms with E-state index in [9.17, 15) is 4.79 Å². The van der Waals surface area contributed by atoms with Crippen LogP contribution >= 0.6 is 23.2 Å². The number of amides is 1. The zero-order chi connectivity index (χ0) is 20.4. The first-order valence-electron chi connectivity index (χ1n) is 9.30. The molecule has 5 nitrogen and oxygen atoms in total. The summed E-state index contributed by atoms with van der Waals surface area (Å²) in [6.07, 6.45) is 5.12. The first kappa shape index (κ1) is 19.7. The van der Waals surface area contributed by atoms with E-state index in [0.717, 1.165) is 29.5 Å². The van der Waals surface area contributed by atoms with Crippen LogP contribution in [0.15, 0.2) is 54.9 Å². The number of carbonyl (C=O) groups excluding carboxylic acids is 1. The fraction of sp³-hybridized carbons (Fsp3) is 0.227. The molecule has 1 fully saturated rings. The summed E-state index contributed by atoms with van der Waals surface area (Å²) >= 11 is 12.9. The molecule has 1 aromatic heterocycles. The fourth-order valence-corrected chi connectivity index (χ4v) is 4.24. The van der Waals surface area contributed by atoms with Gasteiger partial charge in [-0.25, -0.2) is 9.97 Å². The summed E-state index contributed by atoms with van der Waals surface area (Å²) in [5.74, 6) is -0.0492. The van der Waals surface area contributed by atoms with Crippen LogP contribution < -0.4 is 4.74 Å². The highest BCUT2D eigenvalue weighted by atomic mass is 35.5. The van der Waals surface area contributed by atoms with Gasteiger partial charge in [0.2, 0.25) is 0 Å². The minimum atomic E-state index is -0.0492. The Bertz CT molecular complexity index is 1040. The van der Waals surface area contributed by atoms with Gasteiger partial charge in [0.05, 0.1) is 13.2 Å². The van der Waals surface area contributed by atoms with E-state index in [-0.39, 0.29) is 18.0 Å². The van der Waals surface area contributed by atoms with E-state index in [2.05, 4.69) is 9.97 Å². The number of likely N-dealkylation sites (tertiary alicyclic amines) is 1. The van der Waals surface area contributed by atoms with E-state index in [1.807, 2.05) is 35.2 Å². The number of ether oxygens (including phenoxy) is 1. The fourth-order valence-electron chi connectivity index (χ4n) is 3.69. The van der Waals surface area contributed by atoms with E-state index in [0.29, 0.717) is 22.2 Å². The van der Waals surface area contributed by atoms with Crippen molar-refractivity contribution in [2.75, 3.05) is 13.7 Å². The molecule has 1 aliphatic rings. The van der Waals surface area contributed by atoms with Gasteiger partial charge >= 0.3 is 6.01 Å². The van der Waals surface area contributed by atoms with Gasteiger partial charge in [0, 0.05) is 45.7 Å². The molecular weight excluding hydrogens is 409 g/mol. The van der Waals surface area contributed by atoms with E-state index in [4.69, 9.17) is 27.9 Å². The minimum absolute atomic E-state index is 0.0235. The molecule has 148 valence electrons. The Morgan fingerprint density at radius 2 is 1.86 bits per heavy atom.